The number of amides is 1. The molecule has 0 aliphatic heterocycles. The van der Waals surface area contributed by atoms with Gasteiger partial charge in [-0.25, -0.2) is 4.98 Å². The van der Waals surface area contributed by atoms with Crippen LogP contribution in [0.1, 0.15) is 30.8 Å². The van der Waals surface area contributed by atoms with Gasteiger partial charge in [0.1, 0.15) is 5.82 Å². The molecule has 0 bridgehead atoms. The van der Waals surface area contributed by atoms with E-state index >= 15 is 0 Å². The van der Waals surface area contributed by atoms with Crippen molar-refractivity contribution in [2.24, 2.45) is 0 Å². The van der Waals surface area contributed by atoms with Crippen LogP contribution in [0.5, 0.6) is 0 Å². The number of aromatic nitrogens is 2. The summed E-state index contributed by atoms with van der Waals surface area (Å²) in [5.41, 5.74) is 0.987. The van der Waals surface area contributed by atoms with Crippen LogP contribution < -0.4 is 5.32 Å². The highest BCUT2D eigenvalue weighted by atomic mass is 79.9. The Morgan fingerprint density at radius 3 is 3.00 bits per heavy atom. The molecule has 5 heteroatoms. The number of aromatic amines is 1. The fourth-order valence-electron chi connectivity index (χ4n) is 1.91. The van der Waals surface area contributed by atoms with Crippen LogP contribution >= 0.6 is 15.9 Å². The minimum absolute atomic E-state index is 0.00125. The van der Waals surface area contributed by atoms with Crippen molar-refractivity contribution < 1.29 is 4.79 Å². The maximum absolute atomic E-state index is 12.0. The van der Waals surface area contributed by atoms with Crippen molar-refractivity contribution >= 4 is 21.8 Å². The summed E-state index contributed by atoms with van der Waals surface area (Å²) < 4.78 is 0.982. The summed E-state index contributed by atoms with van der Waals surface area (Å²) in [6.07, 6.45) is 4.63. The zero-order valence-electron chi connectivity index (χ0n) is 10.7. The summed E-state index contributed by atoms with van der Waals surface area (Å²) in [5, 5.41) is 2.99. The van der Waals surface area contributed by atoms with E-state index in [4.69, 9.17) is 0 Å². The SMILES string of the molecule is CCC(NC(=O)Cc1cccc(Br)c1)c1ncc[nH]1. The second-order valence-corrected chi connectivity index (χ2v) is 5.23. The van der Waals surface area contributed by atoms with Crippen molar-refractivity contribution in [1.82, 2.24) is 15.3 Å². The van der Waals surface area contributed by atoms with Gasteiger partial charge in [0.05, 0.1) is 12.5 Å². The van der Waals surface area contributed by atoms with E-state index in [1.807, 2.05) is 31.2 Å². The van der Waals surface area contributed by atoms with Crippen LogP contribution in [0.15, 0.2) is 41.1 Å². The molecule has 0 fully saturated rings. The number of hydrogen-bond donors (Lipinski definition) is 2. The van der Waals surface area contributed by atoms with Crippen molar-refractivity contribution in [2.75, 3.05) is 0 Å². The molecule has 0 radical (unpaired) electrons. The third kappa shape index (κ3) is 3.92. The largest absolute Gasteiger partial charge is 0.347 e. The summed E-state index contributed by atoms with van der Waals surface area (Å²) in [6, 6.07) is 7.70. The maximum atomic E-state index is 12.0. The average molecular weight is 322 g/mol. The van der Waals surface area contributed by atoms with Gasteiger partial charge in [-0.3, -0.25) is 4.79 Å². The van der Waals surface area contributed by atoms with Crippen LogP contribution in [0.4, 0.5) is 0 Å². The van der Waals surface area contributed by atoms with Crippen LogP contribution in [-0.4, -0.2) is 15.9 Å². The fraction of sp³-hybridized carbons (Fsp3) is 0.286. The first-order valence-electron chi connectivity index (χ1n) is 6.22. The number of carbonyl (C=O) groups excluding carboxylic acids is 1. The minimum atomic E-state index is -0.0605. The molecule has 1 aromatic heterocycles. The lowest BCUT2D eigenvalue weighted by atomic mass is 10.1. The zero-order chi connectivity index (χ0) is 13.7. The summed E-state index contributed by atoms with van der Waals surface area (Å²) in [5.74, 6) is 0.798. The molecular formula is C14H16BrN3O. The molecule has 1 atom stereocenters. The maximum Gasteiger partial charge on any atom is 0.225 e. The van der Waals surface area contributed by atoms with Crippen LogP contribution in [0, 0.1) is 0 Å². The molecule has 2 N–H and O–H groups in total. The van der Waals surface area contributed by atoms with E-state index in [-0.39, 0.29) is 11.9 Å². The highest BCUT2D eigenvalue weighted by Gasteiger charge is 2.14. The lowest BCUT2D eigenvalue weighted by molar-refractivity contribution is -0.121. The fourth-order valence-corrected chi connectivity index (χ4v) is 2.36. The van der Waals surface area contributed by atoms with E-state index in [2.05, 4.69) is 31.2 Å². The van der Waals surface area contributed by atoms with Gasteiger partial charge >= 0.3 is 0 Å². The van der Waals surface area contributed by atoms with Crippen molar-refractivity contribution in [1.29, 1.82) is 0 Å². The number of nitrogens with one attached hydrogen (secondary N) is 2. The monoisotopic (exact) mass is 321 g/mol. The lowest BCUT2D eigenvalue weighted by Crippen LogP contribution is -2.30. The van der Waals surface area contributed by atoms with Crippen molar-refractivity contribution in [2.45, 2.75) is 25.8 Å². The number of H-pyrrole nitrogens is 1. The molecule has 4 nitrogen and oxygen atoms in total. The van der Waals surface area contributed by atoms with Gasteiger partial charge in [0.15, 0.2) is 0 Å². The average Bonchev–Trinajstić information content (AvgIpc) is 2.89. The van der Waals surface area contributed by atoms with E-state index in [1.54, 1.807) is 12.4 Å². The third-order valence-electron chi connectivity index (χ3n) is 2.85. The van der Waals surface area contributed by atoms with Gasteiger partial charge in [-0.1, -0.05) is 35.0 Å². The van der Waals surface area contributed by atoms with Gasteiger partial charge in [0.2, 0.25) is 5.91 Å². The number of carbonyl (C=O) groups is 1. The molecule has 0 spiro atoms. The standard InChI is InChI=1S/C14H16BrN3O/c1-2-12(14-16-6-7-17-14)18-13(19)9-10-4-3-5-11(15)8-10/h3-8,12H,2,9H2,1H3,(H,16,17)(H,18,19). The molecule has 1 heterocycles. The summed E-state index contributed by atoms with van der Waals surface area (Å²) in [4.78, 5) is 19.2. The summed E-state index contributed by atoms with van der Waals surface area (Å²) in [6.45, 7) is 2.02. The summed E-state index contributed by atoms with van der Waals surface area (Å²) in [7, 11) is 0. The highest BCUT2D eigenvalue weighted by Crippen LogP contribution is 2.14. The van der Waals surface area contributed by atoms with E-state index < -0.39 is 0 Å². The molecule has 19 heavy (non-hydrogen) atoms. The first-order chi connectivity index (χ1) is 9.19. The quantitative estimate of drug-likeness (QED) is 0.889. The van der Waals surface area contributed by atoms with Crippen LogP contribution in [0.25, 0.3) is 0 Å². The first kappa shape index (κ1) is 13.8. The number of rotatable bonds is 5. The van der Waals surface area contributed by atoms with Gasteiger partial charge < -0.3 is 10.3 Å². The molecule has 0 saturated heterocycles. The molecule has 1 amide bonds. The topological polar surface area (TPSA) is 57.8 Å². The first-order valence-corrected chi connectivity index (χ1v) is 7.01. The molecule has 0 aliphatic carbocycles. The Morgan fingerprint density at radius 2 is 2.37 bits per heavy atom. The molecule has 0 aliphatic rings. The Bertz CT molecular complexity index is 539. The predicted octanol–water partition coefficient (Wildman–Crippen LogP) is 2.98. The number of benzene rings is 1. The lowest BCUT2D eigenvalue weighted by Gasteiger charge is -2.14. The van der Waals surface area contributed by atoms with E-state index in [0.717, 1.165) is 22.3 Å². The second-order valence-electron chi connectivity index (χ2n) is 4.31. The number of halogens is 1. The highest BCUT2D eigenvalue weighted by molar-refractivity contribution is 9.10. The predicted molar refractivity (Wildman–Crippen MR) is 77.6 cm³/mol. The van der Waals surface area contributed by atoms with E-state index in [1.165, 1.54) is 0 Å². The zero-order valence-corrected chi connectivity index (χ0v) is 12.3. The van der Waals surface area contributed by atoms with Crippen molar-refractivity contribution in [3.05, 3.63) is 52.5 Å². The second kappa shape index (κ2) is 6.52. The van der Waals surface area contributed by atoms with Crippen LogP contribution in [-0.2, 0) is 11.2 Å². The minimum Gasteiger partial charge on any atom is -0.347 e. The molecule has 1 unspecified atom stereocenters. The Hall–Kier alpha value is -1.62. The normalized spacial score (nSPS) is 12.1. The Morgan fingerprint density at radius 1 is 1.53 bits per heavy atom. The van der Waals surface area contributed by atoms with Gasteiger partial charge in [-0.05, 0) is 24.1 Å². The molecule has 1 aromatic carbocycles. The van der Waals surface area contributed by atoms with E-state index in [9.17, 15) is 4.79 Å². The number of nitrogens with zero attached hydrogens (tertiary/aromatic N) is 1. The van der Waals surface area contributed by atoms with Crippen LogP contribution in [0.3, 0.4) is 0 Å². The molecular weight excluding hydrogens is 306 g/mol. The Balaban J connectivity index is 1.97. The molecule has 2 aromatic rings. The van der Waals surface area contributed by atoms with Gasteiger partial charge in [-0.15, -0.1) is 0 Å². The van der Waals surface area contributed by atoms with Crippen molar-refractivity contribution in [3.63, 3.8) is 0 Å². The van der Waals surface area contributed by atoms with Crippen molar-refractivity contribution in [3.8, 4) is 0 Å². The number of hydrogen-bond acceptors (Lipinski definition) is 2. The number of imidazole rings is 1. The molecule has 0 saturated carbocycles. The van der Waals surface area contributed by atoms with Crippen LogP contribution in [0.2, 0.25) is 0 Å². The van der Waals surface area contributed by atoms with E-state index in [0.29, 0.717) is 6.42 Å². The summed E-state index contributed by atoms with van der Waals surface area (Å²) >= 11 is 3.40. The van der Waals surface area contributed by atoms with Gasteiger partial charge in [0.25, 0.3) is 0 Å². The van der Waals surface area contributed by atoms with Gasteiger partial charge in [-0.2, -0.15) is 0 Å². The Labute approximate surface area is 120 Å². The third-order valence-corrected chi connectivity index (χ3v) is 3.34. The van der Waals surface area contributed by atoms with Gasteiger partial charge in [0, 0.05) is 16.9 Å². The smallest absolute Gasteiger partial charge is 0.225 e. The molecule has 100 valence electrons. The Kier molecular flexibility index (Phi) is 4.74. The molecule has 2 rings (SSSR count).